The molecule has 6 heteroatoms. The Balaban J connectivity index is 2.03. The number of aliphatic carboxylic acids is 1. The molecule has 108 valence electrons. The molecule has 0 aromatic carbocycles. The number of ether oxygens (including phenoxy) is 1. The van der Waals surface area contributed by atoms with Crippen molar-refractivity contribution in [2.75, 3.05) is 19.7 Å². The average Bonchev–Trinajstić information content (AvgIpc) is 2.96. The molecule has 20 heavy (non-hydrogen) atoms. The van der Waals surface area contributed by atoms with E-state index in [4.69, 9.17) is 9.84 Å². The number of hydrogen-bond acceptors (Lipinski definition) is 4. The van der Waals surface area contributed by atoms with Crippen molar-refractivity contribution in [1.82, 2.24) is 9.88 Å². The van der Waals surface area contributed by atoms with Gasteiger partial charge < -0.3 is 14.7 Å². The molecule has 1 N–H and O–H groups in total. The predicted octanol–water partition coefficient (Wildman–Crippen LogP) is 1.18. The maximum atomic E-state index is 12.4. The summed E-state index contributed by atoms with van der Waals surface area (Å²) in [7, 11) is 0. The number of rotatable bonds is 6. The van der Waals surface area contributed by atoms with Crippen LogP contribution in [0.25, 0.3) is 0 Å². The van der Waals surface area contributed by atoms with E-state index in [1.807, 2.05) is 0 Å². The molecule has 1 aromatic heterocycles. The van der Waals surface area contributed by atoms with E-state index in [1.54, 1.807) is 29.4 Å². The van der Waals surface area contributed by atoms with Gasteiger partial charge >= 0.3 is 5.97 Å². The third-order valence-electron chi connectivity index (χ3n) is 3.26. The molecule has 2 rings (SSSR count). The number of amides is 1. The Morgan fingerprint density at radius 2 is 2.15 bits per heavy atom. The largest absolute Gasteiger partial charge is 0.481 e. The van der Waals surface area contributed by atoms with Crippen LogP contribution in [0, 0.1) is 0 Å². The van der Waals surface area contributed by atoms with Crippen molar-refractivity contribution in [3.63, 3.8) is 0 Å². The van der Waals surface area contributed by atoms with Crippen LogP contribution in [0.2, 0.25) is 0 Å². The van der Waals surface area contributed by atoms with Gasteiger partial charge in [0.25, 0.3) is 5.91 Å². The molecule has 0 unspecified atom stereocenters. The number of aromatic nitrogens is 1. The summed E-state index contributed by atoms with van der Waals surface area (Å²) in [6.07, 6.45) is 4.94. The Morgan fingerprint density at radius 1 is 1.40 bits per heavy atom. The van der Waals surface area contributed by atoms with E-state index in [2.05, 4.69) is 4.98 Å². The standard InChI is InChI=1S/C14H18N2O4/c17-13(18)5-8-16(10-12-2-1-9-20-12)14(19)11-3-6-15-7-4-11/h3-4,6-7,12H,1-2,5,8-10H2,(H,17,18)/t12-/m1/s1. The van der Waals surface area contributed by atoms with Crippen LogP contribution in [0.15, 0.2) is 24.5 Å². The summed E-state index contributed by atoms with van der Waals surface area (Å²) in [5, 5.41) is 8.80. The lowest BCUT2D eigenvalue weighted by atomic mass is 10.2. The van der Waals surface area contributed by atoms with E-state index < -0.39 is 5.97 Å². The minimum Gasteiger partial charge on any atom is -0.481 e. The number of pyridine rings is 1. The van der Waals surface area contributed by atoms with Gasteiger partial charge in [-0.15, -0.1) is 0 Å². The molecule has 0 spiro atoms. The van der Waals surface area contributed by atoms with Gasteiger partial charge in [-0.2, -0.15) is 0 Å². The Labute approximate surface area is 117 Å². The molecule has 1 amide bonds. The minimum atomic E-state index is -0.912. The molecule has 1 atom stereocenters. The van der Waals surface area contributed by atoms with Crippen molar-refractivity contribution in [3.8, 4) is 0 Å². The predicted molar refractivity (Wildman–Crippen MR) is 71.4 cm³/mol. The molecule has 1 fully saturated rings. The summed E-state index contributed by atoms with van der Waals surface area (Å²) >= 11 is 0. The summed E-state index contributed by atoms with van der Waals surface area (Å²) in [5.41, 5.74) is 0.517. The summed E-state index contributed by atoms with van der Waals surface area (Å²) in [4.78, 5) is 28.5. The zero-order valence-corrected chi connectivity index (χ0v) is 11.2. The van der Waals surface area contributed by atoms with Crippen molar-refractivity contribution in [3.05, 3.63) is 30.1 Å². The van der Waals surface area contributed by atoms with E-state index in [0.29, 0.717) is 18.7 Å². The fourth-order valence-electron chi connectivity index (χ4n) is 2.22. The smallest absolute Gasteiger partial charge is 0.305 e. The van der Waals surface area contributed by atoms with E-state index in [9.17, 15) is 9.59 Å². The van der Waals surface area contributed by atoms with Crippen molar-refractivity contribution in [2.45, 2.75) is 25.4 Å². The van der Waals surface area contributed by atoms with Crippen LogP contribution in [-0.2, 0) is 9.53 Å². The fraction of sp³-hybridized carbons (Fsp3) is 0.500. The second-order valence-electron chi connectivity index (χ2n) is 4.77. The van der Waals surface area contributed by atoms with Gasteiger partial charge in [0.15, 0.2) is 0 Å². The monoisotopic (exact) mass is 278 g/mol. The van der Waals surface area contributed by atoms with Crippen LogP contribution < -0.4 is 0 Å². The second-order valence-corrected chi connectivity index (χ2v) is 4.77. The lowest BCUT2D eigenvalue weighted by molar-refractivity contribution is -0.137. The first-order valence-corrected chi connectivity index (χ1v) is 6.69. The van der Waals surface area contributed by atoms with Gasteiger partial charge in [0.2, 0.25) is 0 Å². The first-order chi connectivity index (χ1) is 9.66. The summed E-state index contributed by atoms with van der Waals surface area (Å²) in [5.74, 6) is -1.09. The second kappa shape index (κ2) is 7.00. The lowest BCUT2D eigenvalue weighted by Crippen LogP contribution is -2.38. The first-order valence-electron chi connectivity index (χ1n) is 6.69. The highest BCUT2D eigenvalue weighted by Gasteiger charge is 2.23. The van der Waals surface area contributed by atoms with E-state index in [-0.39, 0.29) is 25.0 Å². The van der Waals surface area contributed by atoms with Gasteiger partial charge in [-0.1, -0.05) is 0 Å². The molecule has 0 saturated carbocycles. The topological polar surface area (TPSA) is 79.7 Å². The molecule has 0 bridgehead atoms. The molecule has 1 aliphatic heterocycles. The number of nitrogens with zero attached hydrogens (tertiary/aromatic N) is 2. The summed E-state index contributed by atoms with van der Waals surface area (Å²) in [6.45, 7) is 1.34. The van der Waals surface area contributed by atoms with Crippen molar-refractivity contribution in [2.24, 2.45) is 0 Å². The minimum absolute atomic E-state index is 0.00887. The number of carboxylic acids is 1. The van der Waals surface area contributed by atoms with Crippen LogP contribution in [0.5, 0.6) is 0 Å². The highest BCUT2D eigenvalue weighted by Crippen LogP contribution is 2.15. The van der Waals surface area contributed by atoms with Gasteiger partial charge in [0.05, 0.1) is 12.5 Å². The lowest BCUT2D eigenvalue weighted by Gasteiger charge is -2.25. The fourth-order valence-corrected chi connectivity index (χ4v) is 2.22. The van der Waals surface area contributed by atoms with Gasteiger partial charge in [0, 0.05) is 37.7 Å². The van der Waals surface area contributed by atoms with Crippen LogP contribution in [0.3, 0.4) is 0 Å². The number of carbonyl (C=O) groups is 2. The maximum absolute atomic E-state index is 12.4. The zero-order chi connectivity index (χ0) is 14.4. The first kappa shape index (κ1) is 14.5. The quantitative estimate of drug-likeness (QED) is 0.845. The maximum Gasteiger partial charge on any atom is 0.305 e. The third-order valence-corrected chi connectivity index (χ3v) is 3.26. The van der Waals surface area contributed by atoms with Crippen molar-refractivity contribution < 1.29 is 19.4 Å². The number of carbonyl (C=O) groups excluding carboxylic acids is 1. The highest BCUT2D eigenvalue weighted by atomic mass is 16.5. The molecular formula is C14H18N2O4. The molecule has 6 nitrogen and oxygen atoms in total. The number of carboxylic acid groups (broad SMARTS) is 1. The normalized spacial score (nSPS) is 17.9. The van der Waals surface area contributed by atoms with Gasteiger partial charge in [-0.25, -0.2) is 0 Å². The molecule has 0 aliphatic carbocycles. The Kier molecular flexibility index (Phi) is 5.06. The van der Waals surface area contributed by atoms with Crippen LogP contribution in [-0.4, -0.2) is 52.7 Å². The molecular weight excluding hydrogens is 260 g/mol. The van der Waals surface area contributed by atoms with Crippen molar-refractivity contribution >= 4 is 11.9 Å². The summed E-state index contributed by atoms with van der Waals surface area (Å²) in [6, 6.07) is 3.26. The van der Waals surface area contributed by atoms with Gasteiger partial charge in [-0.05, 0) is 25.0 Å². The average molecular weight is 278 g/mol. The Morgan fingerprint density at radius 3 is 2.75 bits per heavy atom. The third kappa shape index (κ3) is 4.03. The summed E-state index contributed by atoms with van der Waals surface area (Å²) < 4.78 is 5.52. The van der Waals surface area contributed by atoms with Crippen molar-refractivity contribution in [1.29, 1.82) is 0 Å². The zero-order valence-electron chi connectivity index (χ0n) is 11.2. The van der Waals surface area contributed by atoms with E-state index >= 15 is 0 Å². The van der Waals surface area contributed by atoms with Gasteiger partial charge in [-0.3, -0.25) is 14.6 Å². The van der Waals surface area contributed by atoms with Crippen LogP contribution in [0.1, 0.15) is 29.6 Å². The van der Waals surface area contributed by atoms with E-state index in [1.165, 1.54) is 0 Å². The molecule has 1 aromatic rings. The van der Waals surface area contributed by atoms with Crippen LogP contribution in [0.4, 0.5) is 0 Å². The SMILES string of the molecule is O=C(O)CCN(C[C@H]1CCCO1)C(=O)c1ccncc1. The molecule has 0 radical (unpaired) electrons. The Hall–Kier alpha value is -1.95. The molecule has 1 aliphatic rings. The molecule has 1 saturated heterocycles. The van der Waals surface area contributed by atoms with Gasteiger partial charge in [0.1, 0.15) is 0 Å². The van der Waals surface area contributed by atoms with E-state index in [0.717, 1.165) is 12.8 Å². The molecule has 2 heterocycles. The highest BCUT2D eigenvalue weighted by molar-refractivity contribution is 5.94. The Bertz CT molecular complexity index is 458. The van der Waals surface area contributed by atoms with Crippen LogP contribution >= 0.6 is 0 Å². The number of hydrogen-bond donors (Lipinski definition) is 1.